The molecule has 4 rings (SSSR count). The van der Waals surface area contributed by atoms with Crippen LogP contribution in [0.15, 0.2) is 42.9 Å². The molecule has 0 saturated carbocycles. The molecular formula is C23H22ClF3N6O. The van der Waals surface area contributed by atoms with Gasteiger partial charge in [-0.25, -0.2) is 4.98 Å². The number of alkyl halides is 3. The molecule has 7 nitrogen and oxygen atoms in total. The Morgan fingerprint density at radius 1 is 1.24 bits per heavy atom. The molecule has 1 fully saturated rings. The van der Waals surface area contributed by atoms with E-state index in [1.54, 1.807) is 12.4 Å². The van der Waals surface area contributed by atoms with Crippen molar-refractivity contribution in [3.8, 4) is 11.4 Å². The highest BCUT2D eigenvalue weighted by Gasteiger charge is 2.32. The highest BCUT2D eigenvalue weighted by Crippen LogP contribution is 2.34. The summed E-state index contributed by atoms with van der Waals surface area (Å²) in [6.07, 6.45) is 1.27. The van der Waals surface area contributed by atoms with Crippen LogP contribution in [0.5, 0.6) is 0 Å². The van der Waals surface area contributed by atoms with Crippen LogP contribution in [0.25, 0.3) is 11.4 Å². The second-order valence-corrected chi connectivity index (χ2v) is 8.55. The minimum absolute atomic E-state index is 0.0102. The number of nitrogen functional groups attached to an aromatic ring is 1. The molecule has 0 spiro atoms. The number of piperidine rings is 1. The molecule has 3 aromatic heterocycles. The van der Waals surface area contributed by atoms with E-state index in [4.69, 9.17) is 23.1 Å². The van der Waals surface area contributed by atoms with Crippen molar-refractivity contribution in [2.24, 2.45) is 5.73 Å². The third kappa shape index (κ3) is 5.13. The van der Waals surface area contributed by atoms with Crippen molar-refractivity contribution in [2.45, 2.75) is 31.5 Å². The Labute approximate surface area is 199 Å². The van der Waals surface area contributed by atoms with Crippen molar-refractivity contribution in [3.05, 3.63) is 64.7 Å². The molecule has 0 aromatic carbocycles. The van der Waals surface area contributed by atoms with Crippen LogP contribution >= 0.6 is 11.6 Å². The van der Waals surface area contributed by atoms with Gasteiger partial charge in [0.2, 0.25) is 0 Å². The minimum Gasteiger partial charge on any atom is -0.397 e. The Morgan fingerprint density at radius 2 is 2.03 bits per heavy atom. The van der Waals surface area contributed by atoms with Crippen molar-refractivity contribution in [2.75, 3.05) is 23.7 Å². The normalized spacial score (nSPS) is 16.5. The highest BCUT2D eigenvalue weighted by molar-refractivity contribution is 6.33. The number of carbonyl (C=O) groups is 1. The van der Waals surface area contributed by atoms with Crippen molar-refractivity contribution < 1.29 is 18.0 Å². The summed E-state index contributed by atoms with van der Waals surface area (Å²) in [6.45, 7) is 1.51. The van der Waals surface area contributed by atoms with E-state index in [-0.39, 0.29) is 46.0 Å². The van der Waals surface area contributed by atoms with Crippen LogP contribution in [0.4, 0.5) is 24.5 Å². The summed E-state index contributed by atoms with van der Waals surface area (Å²) in [5, 5.41) is -0.235. The van der Waals surface area contributed by atoms with Crippen LogP contribution < -0.4 is 16.4 Å². The molecule has 178 valence electrons. The van der Waals surface area contributed by atoms with E-state index in [2.05, 4.69) is 19.9 Å². The number of hydrogen-bond acceptors (Lipinski definition) is 7. The van der Waals surface area contributed by atoms with Crippen molar-refractivity contribution in [1.29, 1.82) is 0 Å². The smallest absolute Gasteiger partial charge is 0.397 e. The fraction of sp³-hybridized carbons (Fsp3) is 0.304. The van der Waals surface area contributed by atoms with E-state index in [0.29, 0.717) is 18.3 Å². The van der Waals surface area contributed by atoms with Crippen molar-refractivity contribution in [3.63, 3.8) is 0 Å². The van der Waals surface area contributed by atoms with Crippen molar-refractivity contribution >= 4 is 28.8 Å². The van der Waals surface area contributed by atoms with Gasteiger partial charge >= 0.3 is 6.18 Å². The number of rotatable bonds is 5. The fourth-order valence-electron chi connectivity index (χ4n) is 3.96. The molecule has 0 aliphatic carbocycles. The Balaban J connectivity index is 1.62. The predicted molar refractivity (Wildman–Crippen MR) is 124 cm³/mol. The van der Waals surface area contributed by atoms with Gasteiger partial charge in [0.05, 0.1) is 22.0 Å². The maximum Gasteiger partial charge on any atom is 0.417 e. The molecular weight excluding hydrogens is 469 g/mol. The number of halogens is 4. The van der Waals surface area contributed by atoms with Crippen LogP contribution in [-0.4, -0.2) is 39.9 Å². The first-order valence-corrected chi connectivity index (χ1v) is 11.0. The van der Waals surface area contributed by atoms with Crippen LogP contribution in [-0.2, 0) is 12.6 Å². The van der Waals surface area contributed by atoms with E-state index in [9.17, 15) is 18.0 Å². The summed E-state index contributed by atoms with van der Waals surface area (Å²) < 4.78 is 38.8. The zero-order valence-corrected chi connectivity index (χ0v) is 18.8. The first-order chi connectivity index (χ1) is 16.1. The number of ketones is 1. The molecule has 0 amide bonds. The summed E-state index contributed by atoms with van der Waals surface area (Å²) >= 11 is 6.05. The SMILES string of the molecule is Nc1ccc(-c2ncc(C(F)(F)F)cc2Cl)nc1C(=O)Cc1cnccc1N1CCC[C@H](N)C1. The Kier molecular flexibility index (Phi) is 6.72. The molecule has 1 aliphatic heterocycles. The maximum absolute atomic E-state index is 13.2. The van der Waals surface area contributed by atoms with Gasteiger partial charge in [-0.2, -0.15) is 13.2 Å². The quantitative estimate of drug-likeness (QED) is 0.517. The van der Waals surface area contributed by atoms with E-state index < -0.39 is 11.7 Å². The molecule has 0 bridgehead atoms. The second-order valence-electron chi connectivity index (χ2n) is 8.14. The Morgan fingerprint density at radius 3 is 2.74 bits per heavy atom. The largest absolute Gasteiger partial charge is 0.417 e. The summed E-state index contributed by atoms with van der Waals surface area (Å²) in [5.74, 6) is -0.363. The van der Waals surface area contributed by atoms with Gasteiger partial charge in [0.15, 0.2) is 5.78 Å². The van der Waals surface area contributed by atoms with Gasteiger partial charge in [-0.15, -0.1) is 0 Å². The van der Waals surface area contributed by atoms with Gasteiger partial charge in [-0.3, -0.25) is 14.8 Å². The molecule has 34 heavy (non-hydrogen) atoms. The number of carbonyl (C=O) groups excluding carboxylic acids is 1. The molecule has 1 saturated heterocycles. The molecule has 3 aromatic rings. The molecule has 11 heteroatoms. The van der Waals surface area contributed by atoms with Crippen LogP contribution in [0.3, 0.4) is 0 Å². The maximum atomic E-state index is 13.2. The number of aromatic nitrogens is 3. The molecule has 0 radical (unpaired) electrons. The molecule has 0 unspecified atom stereocenters. The second kappa shape index (κ2) is 9.55. The van der Waals surface area contributed by atoms with Crippen molar-refractivity contribution in [1.82, 2.24) is 15.0 Å². The monoisotopic (exact) mass is 490 g/mol. The van der Waals surface area contributed by atoms with E-state index in [1.807, 2.05) is 6.07 Å². The number of nitrogens with two attached hydrogens (primary N) is 2. The standard InChI is InChI=1S/C23H22ClF3N6O/c24-16-9-14(23(25,26)27)11-31-21(16)18-4-3-17(29)22(32-18)20(34)8-13-10-30-6-5-19(13)33-7-1-2-15(28)12-33/h3-6,9-11,15H,1-2,7-8,12,28-29H2/t15-/m0/s1. The molecule has 4 heterocycles. The molecule has 1 aliphatic rings. The van der Waals surface area contributed by atoms with E-state index in [0.717, 1.165) is 31.1 Å². The van der Waals surface area contributed by atoms with Gasteiger partial charge < -0.3 is 16.4 Å². The zero-order chi connectivity index (χ0) is 24.5. The summed E-state index contributed by atoms with van der Waals surface area (Å²) in [7, 11) is 0. The lowest BCUT2D eigenvalue weighted by molar-refractivity contribution is -0.137. The summed E-state index contributed by atoms with van der Waals surface area (Å²) in [4.78, 5) is 27.6. The van der Waals surface area contributed by atoms with Crippen LogP contribution in [0.2, 0.25) is 5.02 Å². The van der Waals surface area contributed by atoms with Crippen LogP contribution in [0.1, 0.15) is 34.5 Å². The highest BCUT2D eigenvalue weighted by atomic mass is 35.5. The van der Waals surface area contributed by atoms with Gasteiger partial charge in [-0.05, 0) is 37.1 Å². The molecule has 4 N–H and O–H groups in total. The van der Waals surface area contributed by atoms with Gasteiger partial charge in [-0.1, -0.05) is 11.6 Å². The number of nitrogens with zero attached hydrogens (tertiary/aromatic N) is 4. The third-order valence-corrected chi connectivity index (χ3v) is 5.92. The van der Waals surface area contributed by atoms with Gasteiger partial charge in [0.1, 0.15) is 11.4 Å². The summed E-state index contributed by atoms with van der Waals surface area (Å²) in [6, 6.07) is 5.59. The number of Topliss-reactive ketones (excluding diaryl/α,β-unsaturated/α-hetero) is 1. The van der Waals surface area contributed by atoms with Gasteiger partial charge in [0.25, 0.3) is 0 Å². The average molecular weight is 491 g/mol. The number of anilines is 2. The number of pyridine rings is 3. The Hall–Kier alpha value is -3.24. The third-order valence-electron chi connectivity index (χ3n) is 5.63. The average Bonchev–Trinajstić information content (AvgIpc) is 2.79. The van der Waals surface area contributed by atoms with Crippen LogP contribution in [0, 0.1) is 0 Å². The lowest BCUT2D eigenvalue weighted by atomic mass is 10.0. The van der Waals surface area contributed by atoms with E-state index in [1.165, 1.54) is 12.1 Å². The zero-order valence-electron chi connectivity index (χ0n) is 18.0. The minimum atomic E-state index is -4.58. The van der Waals surface area contributed by atoms with Gasteiger partial charge in [0, 0.05) is 55.4 Å². The predicted octanol–water partition coefficient (Wildman–Crippen LogP) is 4.15. The topological polar surface area (TPSA) is 111 Å². The number of hydrogen-bond donors (Lipinski definition) is 2. The van der Waals surface area contributed by atoms with E-state index >= 15 is 0 Å². The fourth-order valence-corrected chi connectivity index (χ4v) is 4.22. The Bertz CT molecular complexity index is 1220. The molecule has 1 atom stereocenters. The summed E-state index contributed by atoms with van der Waals surface area (Å²) in [5.41, 5.74) is 13.0. The first-order valence-electron chi connectivity index (χ1n) is 10.6. The lowest BCUT2D eigenvalue weighted by Gasteiger charge is -2.33. The lowest BCUT2D eigenvalue weighted by Crippen LogP contribution is -2.43. The first kappa shape index (κ1) is 23.9.